The van der Waals surface area contributed by atoms with Gasteiger partial charge in [0.1, 0.15) is 11.6 Å². The molecule has 0 radical (unpaired) electrons. The summed E-state index contributed by atoms with van der Waals surface area (Å²) in [6.45, 7) is 0. The summed E-state index contributed by atoms with van der Waals surface area (Å²) in [5, 5.41) is 2.79. The van der Waals surface area contributed by atoms with Crippen molar-refractivity contribution in [3.8, 4) is 5.75 Å². The Bertz CT molecular complexity index is 452. The molecule has 0 bridgehead atoms. The van der Waals surface area contributed by atoms with Crippen molar-refractivity contribution in [1.82, 2.24) is 0 Å². The first-order valence-electron chi connectivity index (χ1n) is 5.50. The number of hydrogen-bond donors (Lipinski definition) is 1. The molecule has 0 atom stereocenters. The van der Waals surface area contributed by atoms with Crippen LogP contribution in [0.5, 0.6) is 5.75 Å². The van der Waals surface area contributed by atoms with Gasteiger partial charge >= 0.3 is 0 Å². The van der Waals surface area contributed by atoms with Crippen molar-refractivity contribution >= 4 is 11.6 Å². The first-order valence-corrected chi connectivity index (χ1v) is 5.50. The van der Waals surface area contributed by atoms with E-state index in [9.17, 15) is 9.18 Å². The van der Waals surface area contributed by atoms with E-state index in [2.05, 4.69) is 5.32 Å². The fraction of sp³-hybridized carbons (Fsp3) is 0.417. The molecule has 1 amide bonds. The van der Waals surface area contributed by atoms with Crippen molar-refractivity contribution in [3.05, 3.63) is 24.0 Å². The molecule has 16 heavy (non-hydrogen) atoms. The Labute approximate surface area is 92.6 Å². The van der Waals surface area contributed by atoms with Gasteiger partial charge in [-0.25, -0.2) is 4.39 Å². The smallest absolute Gasteiger partial charge is 0.268 e. The molecular weight excluding hydrogens is 209 g/mol. The lowest BCUT2D eigenvalue weighted by atomic mass is 9.98. The largest absolute Gasteiger partial charge is 0.475 e. The zero-order valence-corrected chi connectivity index (χ0v) is 8.75. The Morgan fingerprint density at radius 3 is 2.81 bits per heavy atom. The van der Waals surface area contributed by atoms with Gasteiger partial charge in [-0.15, -0.1) is 0 Å². The third-order valence-corrected chi connectivity index (χ3v) is 3.32. The molecule has 1 aromatic carbocycles. The van der Waals surface area contributed by atoms with E-state index < -0.39 is 5.60 Å². The Morgan fingerprint density at radius 2 is 2.06 bits per heavy atom. The van der Waals surface area contributed by atoms with Gasteiger partial charge < -0.3 is 10.1 Å². The van der Waals surface area contributed by atoms with E-state index in [1.54, 1.807) is 0 Å². The second-order valence-corrected chi connectivity index (χ2v) is 4.40. The summed E-state index contributed by atoms with van der Waals surface area (Å²) >= 11 is 0. The molecule has 1 spiro atoms. The number of amides is 1. The minimum Gasteiger partial charge on any atom is -0.475 e. The van der Waals surface area contributed by atoms with Crippen LogP contribution in [0.2, 0.25) is 0 Å². The van der Waals surface area contributed by atoms with Gasteiger partial charge in [0, 0.05) is 6.07 Å². The van der Waals surface area contributed by atoms with Gasteiger partial charge in [-0.1, -0.05) is 0 Å². The fourth-order valence-electron chi connectivity index (χ4n) is 2.45. The average molecular weight is 221 g/mol. The molecule has 1 heterocycles. The summed E-state index contributed by atoms with van der Waals surface area (Å²) in [6, 6.07) is 4.17. The fourth-order valence-corrected chi connectivity index (χ4v) is 2.45. The van der Waals surface area contributed by atoms with E-state index >= 15 is 0 Å². The molecule has 0 aromatic heterocycles. The van der Waals surface area contributed by atoms with E-state index in [0.717, 1.165) is 25.7 Å². The minimum atomic E-state index is -0.749. The highest BCUT2D eigenvalue weighted by Gasteiger charge is 2.46. The predicted octanol–water partition coefficient (Wildman–Crippen LogP) is 2.47. The van der Waals surface area contributed by atoms with Crippen molar-refractivity contribution in [2.45, 2.75) is 31.3 Å². The average Bonchev–Trinajstić information content (AvgIpc) is 2.70. The van der Waals surface area contributed by atoms with Gasteiger partial charge in [0.25, 0.3) is 5.91 Å². The number of fused-ring (bicyclic) bond motifs is 1. The standard InChI is InChI=1S/C12H12FNO2/c13-8-3-4-9-10(7-8)16-12(11(15)14-9)5-1-2-6-12/h3-4,7H,1-2,5-6H2,(H,14,15). The minimum absolute atomic E-state index is 0.0934. The van der Waals surface area contributed by atoms with Gasteiger partial charge in [0.05, 0.1) is 5.69 Å². The summed E-state index contributed by atoms with van der Waals surface area (Å²) in [7, 11) is 0. The van der Waals surface area contributed by atoms with E-state index in [4.69, 9.17) is 4.74 Å². The first kappa shape index (κ1) is 9.63. The maximum Gasteiger partial charge on any atom is 0.268 e. The van der Waals surface area contributed by atoms with Gasteiger partial charge in [-0.2, -0.15) is 0 Å². The molecule has 1 aromatic rings. The third kappa shape index (κ3) is 1.29. The number of nitrogens with one attached hydrogen (secondary N) is 1. The van der Waals surface area contributed by atoms with E-state index in [1.807, 2.05) is 0 Å². The normalized spacial score (nSPS) is 21.4. The highest BCUT2D eigenvalue weighted by Crippen LogP contribution is 2.41. The van der Waals surface area contributed by atoms with Crippen molar-refractivity contribution in [1.29, 1.82) is 0 Å². The van der Waals surface area contributed by atoms with Crippen LogP contribution in [0, 0.1) is 5.82 Å². The first-order chi connectivity index (χ1) is 7.70. The molecule has 1 saturated carbocycles. The topological polar surface area (TPSA) is 38.3 Å². The maximum absolute atomic E-state index is 13.1. The van der Waals surface area contributed by atoms with Crippen molar-refractivity contribution < 1.29 is 13.9 Å². The number of halogens is 1. The van der Waals surface area contributed by atoms with Crippen LogP contribution in [0.25, 0.3) is 0 Å². The second-order valence-electron chi connectivity index (χ2n) is 4.40. The quantitative estimate of drug-likeness (QED) is 0.730. The van der Waals surface area contributed by atoms with Crippen LogP contribution in [0.1, 0.15) is 25.7 Å². The lowest BCUT2D eigenvalue weighted by Crippen LogP contribution is -2.48. The van der Waals surface area contributed by atoms with Gasteiger partial charge in [-0.05, 0) is 37.8 Å². The molecule has 4 heteroatoms. The molecule has 1 fully saturated rings. The van der Waals surface area contributed by atoms with Crippen LogP contribution in [0.4, 0.5) is 10.1 Å². The van der Waals surface area contributed by atoms with Crippen LogP contribution >= 0.6 is 0 Å². The lowest BCUT2D eigenvalue weighted by molar-refractivity contribution is -0.131. The van der Waals surface area contributed by atoms with Crippen LogP contribution < -0.4 is 10.1 Å². The lowest BCUT2D eigenvalue weighted by Gasteiger charge is -2.34. The molecule has 84 valence electrons. The van der Waals surface area contributed by atoms with Crippen molar-refractivity contribution in [3.63, 3.8) is 0 Å². The zero-order chi connectivity index (χ0) is 11.2. The number of hydrogen-bond acceptors (Lipinski definition) is 2. The van der Waals surface area contributed by atoms with E-state index in [-0.39, 0.29) is 11.7 Å². The second kappa shape index (κ2) is 3.20. The van der Waals surface area contributed by atoms with Crippen molar-refractivity contribution in [2.75, 3.05) is 5.32 Å². The predicted molar refractivity (Wildman–Crippen MR) is 56.9 cm³/mol. The molecule has 0 unspecified atom stereocenters. The summed E-state index contributed by atoms with van der Waals surface area (Å²) in [5.74, 6) is 0.00801. The van der Waals surface area contributed by atoms with Crippen LogP contribution in [-0.4, -0.2) is 11.5 Å². The summed E-state index contributed by atoms with van der Waals surface area (Å²) in [4.78, 5) is 11.9. The Hall–Kier alpha value is -1.58. The van der Waals surface area contributed by atoms with Gasteiger partial charge in [0.2, 0.25) is 0 Å². The van der Waals surface area contributed by atoms with E-state index in [0.29, 0.717) is 11.4 Å². The number of rotatable bonds is 0. The van der Waals surface area contributed by atoms with Gasteiger partial charge in [-0.3, -0.25) is 4.79 Å². The van der Waals surface area contributed by atoms with Crippen molar-refractivity contribution in [2.24, 2.45) is 0 Å². The summed E-state index contributed by atoms with van der Waals surface area (Å²) in [5.41, 5.74) is -0.190. The monoisotopic (exact) mass is 221 g/mol. The van der Waals surface area contributed by atoms with Crippen LogP contribution in [0.3, 0.4) is 0 Å². The van der Waals surface area contributed by atoms with E-state index in [1.165, 1.54) is 18.2 Å². The molecule has 3 nitrogen and oxygen atoms in total. The molecule has 1 aliphatic heterocycles. The molecule has 2 aliphatic rings. The highest BCUT2D eigenvalue weighted by atomic mass is 19.1. The molecule has 1 N–H and O–H groups in total. The molecule has 3 rings (SSSR count). The Morgan fingerprint density at radius 1 is 1.31 bits per heavy atom. The summed E-state index contributed by atoms with van der Waals surface area (Å²) < 4.78 is 18.8. The van der Waals surface area contributed by atoms with Crippen LogP contribution in [-0.2, 0) is 4.79 Å². The Kier molecular flexibility index (Phi) is 1.93. The number of carbonyl (C=O) groups is 1. The summed E-state index contributed by atoms with van der Waals surface area (Å²) in [6.07, 6.45) is 3.40. The highest BCUT2D eigenvalue weighted by molar-refractivity contribution is 6.00. The number of anilines is 1. The van der Waals surface area contributed by atoms with Gasteiger partial charge in [0.15, 0.2) is 5.60 Å². The number of carbonyl (C=O) groups excluding carboxylic acids is 1. The number of benzene rings is 1. The SMILES string of the molecule is O=C1Nc2ccc(F)cc2OC12CCCC2. The molecular formula is C12H12FNO2. The van der Waals surface area contributed by atoms with Crippen LogP contribution in [0.15, 0.2) is 18.2 Å². The molecule has 0 saturated heterocycles. The third-order valence-electron chi connectivity index (χ3n) is 3.32. The maximum atomic E-state index is 13.1. The Balaban J connectivity index is 2.02. The molecule has 1 aliphatic carbocycles. The zero-order valence-electron chi connectivity index (χ0n) is 8.75. The number of ether oxygens (including phenoxy) is 1.